The highest BCUT2D eigenvalue weighted by Crippen LogP contribution is 2.30. The lowest BCUT2D eigenvalue weighted by molar-refractivity contribution is 0.0696. The molecule has 3 aromatic rings. The van der Waals surface area contributed by atoms with Gasteiger partial charge in [-0.15, -0.1) is 0 Å². The number of hydrogen-bond acceptors (Lipinski definition) is 4. The topological polar surface area (TPSA) is 64.1 Å². The van der Waals surface area contributed by atoms with E-state index in [0.717, 1.165) is 55.8 Å². The highest BCUT2D eigenvalue weighted by molar-refractivity contribution is 5.96. The van der Waals surface area contributed by atoms with Crippen molar-refractivity contribution in [1.82, 2.24) is 4.90 Å². The molecular weight excluding hydrogens is 450 g/mol. The van der Waals surface area contributed by atoms with Gasteiger partial charge in [0.2, 0.25) is 0 Å². The molecule has 36 heavy (non-hydrogen) atoms. The van der Waals surface area contributed by atoms with Crippen LogP contribution in [0.3, 0.4) is 0 Å². The van der Waals surface area contributed by atoms with Gasteiger partial charge in [0.15, 0.2) is 0 Å². The summed E-state index contributed by atoms with van der Waals surface area (Å²) in [6.07, 6.45) is 4.17. The van der Waals surface area contributed by atoms with Crippen LogP contribution in [0.2, 0.25) is 0 Å². The third kappa shape index (κ3) is 6.45. The van der Waals surface area contributed by atoms with Gasteiger partial charge in [0.25, 0.3) is 5.91 Å². The Hall–Kier alpha value is -3.80. The van der Waals surface area contributed by atoms with Gasteiger partial charge in [-0.05, 0) is 73.5 Å². The van der Waals surface area contributed by atoms with E-state index in [4.69, 9.17) is 0 Å². The van der Waals surface area contributed by atoms with Gasteiger partial charge < -0.3 is 19.8 Å². The number of hydrogen-bond donors (Lipinski definition) is 1. The van der Waals surface area contributed by atoms with Crippen LogP contribution in [0.5, 0.6) is 0 Å². The Morgan fingerprint density at radius 2 is 1.17 bits per heavy atom. The van der Waals surface area contributed by atoms with Crippen LogP contribution in [0.25, 0.3) is 0 Å². The molecule has 0 bridgehead atoms. The molecule has 0 aliphatic rings. The lowest BCUT2D eigenvalue weighted by Gasteiger charge is -2.24. The summed E-state index contributed by atoms with van der Waals surface area (Å²) in [7, 11) is 3.85. The van der Waals surface area contributed by atoms with E-state index in [2.05, 4.69) is 18.7 Å². The number of para-hydroxylation sites is 1. The fourth-order valence-corrected chi connectivity index (χ4v) is 4.16. The number of benzene rings is 3. The molecule has 0 aromatic heterocycles. The Bertz CT molecular complexity index is 1130. The zero-order valence-electron chi connectivity index (χ0n) is 21.8. The standard InChI is InChI=1S/C30H37N3O3/c1-5-7-21-33(22-8-6-2)29(34)23-13-15-24(16-14-23)31(3)25-17-19-26(20-18-25)32(4)28-12-10-9-11-27(28)30(35)36/h9-20H,5-8,21-22H2,1-4H3,(H,35,36). The van der Waals surface area contributed by atoms with Gasteiger partial charge >= 0.3 is 5.97 Å². The summed E-state index contributed by atoms with van der Waals surface area (Å²) < 4.78 is 0. The van der Waals surface area contributed by atoms with Crippen LogP contribution in [-0.2, 0) is 0 Å². The first-order valence-corrected chi connectivity index (χ1v) is 12.7. The largest absolute Gasteiger partial charge is 0.478 e. The molecule has 0 radical (unpaired) electrons. The van der Waals surface area contributed by atoms with Gasteiger partial charge in [-0.3, -0.25) is 4.79 Å². The zero-order chi connectivity index (χ0) is 26.1. The summed E-state index contributed by atoms with van der Waals surface area (Å²) in [4.78, 5) is 30.6. The third-order valence-corrected chi connectivity index (χ3v) is 6.47. The van der Waals surface area contributed by atoms with Crippen molar-refractivity contribution in [2.45, 2.75) is 39.5 Å². The Labute approximate surface area is 214 Å². The molecule has 0 fully saturated rings. The first kappa shape index (κ1) is 26.8. The van der Waals surface area contributed by atoms with Crippen molar-refractivity contribution in [3.8, 4) is 0 Å². The Morgan fingerprint density at radius 1 is 0.694 bits per heavy atom. The Balaban J connectivity index is 1.73. The Morgan fingerprint density at radius 3 is 1.67 bits per heavy atom. The highest BCUT2D eigenvalue weighted by atomic mass is 16.4. The smallest absolute Gasteiger partial charge is 0.337 e. The number of rotatable bonds is 12. The Kier molecular flexibility index (Phi) is 9.51. The number of carboxylic acid groups (broad SMARTS) is 1. The van der Waals surface area contributed by atoms with E-state index in [0.29, 0.717) is 11.3 Å². The molecule has 0 heterocycles. The van der Waals surface area contributed by atoms with Gasteiger partial charge in [0, 0.05) is 49.8 Å². The van der Waals surface area contributed by atoms with Crippen LogP contribution in [0.4, 0.5) is 22.7 Å². The van der Waals surface area contributed by atoms with Crippen LogP contribution in [0.1, 0.15) is 60.2 Å². The zero-order valence-corrected chi connectivity index (χ0v) is 21.8. The minimum Gasteiger partial charge on any atom is -0.478 e. The van der Waals surface area contributed by atoms with Crippen molar-refractivity contribution >= 4 is 34.6 Å². The monoisotopic (exact) mass is 487 g/mol. The second kappa shape index (κ2) is 12.8. The number of unbranched alkanes of at least 4 members (excludes halogenated alkanes) is 2. The van der Waals surface area contributed by atoms with Crippen molar-refractivity contribution in [3.05, 3.63) is 83.9 Å². The third-order valence-electron chi connectivity index (χ3n) is 6.47. The maximum absolute atomic E-state index is 13.1. The summed E-state index contributed by atoms with van der Waals surface area (Å²) >= 11 is 0. The van der Waals surface area contributed by atoms with Crippen LogP contribution in [0, 0.1) is 0 Å². The molecule has 0 unspecified atom stereocenters. The molecule has 0 atom stereocenters. The number of anilines is 4. The number of amides is 1. The van der Waals surface area contributed by atoms with Crippen molar-refractivity contribution in [2.75, 3.05) is 37.0 Å². The van der Waals surface area contributed by atoms with Crippen molar-refractivity contribution < 1.29 is 14.7 Å². The van der Waals surface area contributed by atoms with E-state index in [1.807, 2.05) is 78.5 Å². The van der Waals surface area contributed by atoms with E-state index >= 15 is 0 Å². The molecule has 0 aliphatic heterocycles. The minimum atomic E-state index is -0.949. The predicted octanol–water partition coefficient (Wildman–Crippen LogP) is 6.96. The van der Waals surface area contributed by atoms with E-state index in [9.17, 15) is 14.7 Å². The maximum Gasteiger partial charge on any atom is 0.337 e. The quantitative estimate of drug-likeness (QED) is 0.299. The number of carbonyl (C=O) groups excluding carboxylic acids is 1. The fourth-order valence-electron chi connectivity index (χ4n) is 4.16. The molecule has 1 N–H and O–H groups in total. The first-order valence-electron chi connectivity index (χ1n) is 12.7. The molecule has 3 rings (SSSR count). The molecule has 0 saturated heterocycles. The van der Waals surface area contributed by atoms with E-state index in [1.54, 1.807) is 18.2 Å². The van der Waals surface area contributed by atoms with Gasteiger partial charge in [0.1, 0.15) is 0 Å². The average molecular weight is 488 g/mol. The van der Waals surface area contributed by atoms with Crippen molar-refractivity contribution in [3.63, 3.8) is 0 Å². The lowest BCUT2D eigenvalue weighted by Crippen LogP contribution is -2.32. The predicted molar refractivity (Wildman–Crippen MR) is 148 cm³/mol. The first-order chi connectivity index (χ1) is 17.4. The van der Waals surface area contributed by atoms with Crippen LogP contribution in [0.15, 0.2) is 72.8 Å². The van der Waals surface area contributed by atoms with Gasteiger partial charge in [-0.25, -0.2) is 4.79 Å². The highest BCUT2D eigenvalue weighted by Gasteiger charge is 2.16. The molecule has 0 saturated carbocycles. The molecule has 0 spiro atoms. The van der Waals surface area contributed by atoms with Crippen molar-refractivity contribution in [2.24, 2.45) is 0 Å². The van der Waals surface area contributed by atoms with Gasteiger partial charge in [0.05, 0.1) is 11.3 Å². The summed E-state index contributed by atoms with van der Waals surface area (Å²) in [6.45, 7) is 5.89. The average Bonchev–Trinajstić information content (AvgIpc) is 2.92. The summed E-state index contributed by atoms with van der Waals surface area (Å²) in [6, 6.07) is 22.7. The van der Waals surface area contributed by atoms with Crippen LogP contribution >= 0.6 is 0 Å². The number of carbonyl (C=O) groups is 2. The number of carboxylic acids is 1. The van der Waals surface area contributed by atoms with E-state index < -0.39 is 5.97 Å². The summed E-state index contributed by atoms with van der Waals surface area (Å²) in [5.74, 6) is -0.852. The molecular formula is C30H37N3O3. The molecule has 6 nitrogen and oxygen atoms in total. The molecule has 1 amide bonds. The number of aromatic carboxylic acids is 1. The maximum atomic E-state index is 13.1. The van der Waals surface area contributed by atoms with Gasteiger partial charge in [-0.2, -0.15) is 0 Å². The van der Waals surface area contributed by atoms with Gasteiger partial charge in [-0.1, -0.05) is 38.8 Å². The fraction of sp³-hybridized carbons (Fsp3) is 0.333. The summed E-state index contributed by atoms with van der Waals surface area (Å²) in [5, 5.41) is 9.51. The second-order valence-electron chi connectivity index (χ2n) is 9.00. The second-order valence-corrected chi connectivity index (χ2v) is 9.00. The van der Waals surface area contributed by atoms with Crippen LogP contribution < -0.4 is 9.80 Å². The molecule has 3 aromatic carbocycles. The van der Waals surface area contributed by atoms with E-state index in [-0.39, 0.29) is 11.5 Å². The SMILES string of the molecule is CCCCN(CCCC)C(=O)c1ccc(N(C)c2ccc(N(C)c3ccccc3C(=O)O)cc2)cc1. The molecule has 6 heteroatoms. The van der Waals surface area contributed by atoms with E-state index in [1.165, 1.54) is 0 Å². The van der Waals surface area contributed by atoms with Crippen molar-refractivity contribution in [1.29, 1.82) is 0 Å². The normalized spacial score (nSPS) is 10.7. The molecule has 0 aliphatic carbocycles. The summed E-state index contributed by atoms with van der Waals surface area (Å²) in [5.41, 5.74) is 4.48. The van der Waals surface area contributed by atoms with Crippen LogP contribution in [-0.4, -0.2) is 49.1 Å². The lowest BCUT2D eigenvalue weighted by atomic mass is 10.1. The minimum absolute atomic E-state index is 0.0973. The molecule has 190 valence electrons. The number of nitrogens with zero attached hydrogens (tertiary/aromatic N) is 3.